The van der Waals surface area contributed by atoms with Gasteiger partial charge in [0.1, 0.15) is 0 Å². The minimum absolute atomic E-state index is 0.0168. The molecule has 2 aliphatic heterocycles. The first-order chi connectivity index (χ1) is 16.4. The lowest BCUT2D eigenvalue weighted by Crippen LogP contribution is -2.49. The number of pyridine rings is 1. The number of aromatic amines is 1. The topological polar surface area (TPSA) is 108 Å². The minimum atomic E-state index is -0.405. The van der Waals surface area contributed by atoms with Gasteiger partial charge in [-0.15, -0.1) is 0 Å². The second-order valence-corrected chi connectivity index (χ2v) is 10.1. The maximum Gasteiger partial charge on any atom is 0.258 e. The Labute approximate surface area is 200 Å². The Morgan fingerprint density at radius 1 is 1.15 bits per heavy atom. The van der Waals surface area contributed by atoms with Crippen molar-refractivity contribution in [1.29, 1.82) is 0 Å². The van der Waals surface area contributed by atoms with Crippen LogP contribution in [-0.4, -0.2) is 49.3 Å². The van der Waals surface area contributed by atoms with E-state index in [0.29, 0.717) is 19.6 Å². The third kappa shape index (κ3) is 4.52. The number of benzene rings is 1. The molecule has 2 N–H and O–H groups in total. The Balaban J connectivity index is 1.24. The fourth-order valence-corrected chi connectivity index (χ4v) is 5.68. The van der Waals surface area contributed by atoms with E-state index in [0.717, 1.165) is 35.0 Å². The molecule has 1 aromatic carbocycles. The van der Waals surface area contributed by atoms with Gasteiger partial charge in [-0.25, -0.2) is 0 Å². The molecule has 5 rings (SSSR count). The van der Waals surface area contributed by atoms with Crippen molar-refractivity contribution in [3.8, 4) is 5.88 Å². The summed E-state index contributed by atoms with van der Waals surface area (Å²) in [6, 6.07) is 13.1. The van der Waals surface area contributed by atoms with Gasteiger partial charge < -0.3 is 19.6 Å². The molecule has 4 heterocycles. The highest BCUT2D eigenvalue weighted by Gasteiger charge is 2.36. The molecule has 1 saturated heterocycles. The summed E-state index contributed by atoms with van der Waals surface area (Å²) in [4.78, 5) is 46.3. The van der Waals surface area contributed by atoms with Crippen molar-refractivity contribution in [2.75, 3.05) is 18.8 Å². The van der Waals surface area contributed by atoms with Crippen molar-refractivity contribution in [3.05, 3.63) is 85.6 Å². The van der Waals surface area contributed by atoms with Gasteiger partial charge in [0.25, 0.3) is 11.1 Å². The van der Waals surface area contributed by atoms with E-state index in [-0.39, 0.29) is 52.1 Å². The molecule has 2 bridgehead atoms. The maximum atomic E-state index is 12.9. The number of thioether (sulfide) groups is 1. The maximum absolute atomic E-state index is 12.9. The minimum Gasteiger partial charge on any atom is -0.493 e. The highest BCUT2D eigenvalue weighted by atomic mass is 32.2. The molecular weight excluding hydrogens is 452 g/mol. The standard InChI is InChI=1S/C25H26N4O4S/c1-15-5-7-16(8-6-15)10-19-23(32)26-25(27-24(19)33)34-14-22(31)28-11-17-9-18(13-28)20-3-2-4-21(30)29(20)12-17/h2-8,17-18H,9-14H2,1H3,(H2,26,27,32,33). The van der Waals surface area contributed by atoms with Crippen LogP contribution in [0.3, 0.4) is 0 Å². The fourth-order valence-electron chi connectivity index (χ4n) is 4.92. The number of piperidine rings is 1. The highest BCUT2D eigenvalue weighted by molar-refractivity contribution is 7.99. The smallest absolute Gasteiger partial charge is 0.258 e. The lowest BCUT2D eigenvalue weighted by molar-refractivity contribution is -0.131. The van der Waals surface area contributed by atoms with E-state index < -0.39 is 5.56 Å². The number of carbonyl (C=O) groups is 1. The summed E-state index contributed by atoms with van der Waals surface area (Å²) in [5, 5.41) is 10.6. The largest absolute Gasteiger partial charge is 0.493 e. The first-order valence-corrected chi connectivity index (χ1v) is 12.3. The van der Waals surface area contributed by atoms with Gasteiger partial charge in [-0.05, 0) is 30.9 Å². The molecule has 0 spiro atoms. The Morgan fingerprint density at radius 3 is 2.71 bits per heavy atom. The summed E-state index contributed by atoms with van der Waals surface area (Å²) in [5.74, 6) is 0.161. The van der Waals surface area contributed by atoms with Crippen LogP contribution < -0.4 is 11.1 Å². The number of fused-ring (bicyclic) bond motifs is 4. The van der Waals surface area contributed by atoms with E-state index >= 15 is 0 Å². The zero-order valence-electron chi connectivity index (χ0n) is 18.9. The van der Waals surface area contributed by atoms with Crippen LogP contribution in [0.1, 0.15) is 34.7 Å². The molecule has 3 aromatic rings. The summed E-state index contributed by atoms with van der Waals surface area (Å²) in [6.45, 7) is 3.80. The van der Waals surface area contributed by atoms with E-state index in [9.17, 15) is 19.5 Å². The second-order valence-electron chi connectivity index (χ2n) is 9.12. The number of hydrogen-bond donors (Lipinski definition) is 2. The van der Waals surface area contributed by atoms with Crippen molar-refractivity contribution < 1.29 is 9.90 Å². The van der Waals surface area contributed by atoms with Gasteiger partial charge in [0, 0.05) is 43.7 Å². The molecule has 0 radical (unpaired) electrons. The lowest BCUT2D eigenvalue weighted by atomic mass is 9.83. The van der Waals surface area contributed by atoms with Crippen LogP contribution in [0.25, 0.3) is 0 Å². The highest BCUT2D eigenvalue weighted by Crippen LogP contribution is 2.35. The molecule has 2 atom stereocenters. The van der Waals surface area contributed by atoms with Gasteiger partial charge in [-0.1, -0.05) is 47.7 Å². The van der Waals surface area contributed by atoms with Gasteiger partial charge >= 0.3 is 0 Å². The second kappa shape index (κ2) is 9.13. The number of nitrogens with zero attached hydrogens (tertiary/aromatic N) is 3. The van der Waals surface area contributed by atoms with Gasteiger partial charge in [0.05, 0.1) is 11.3 Å². The number of nitrogens with one attached hydrogen (secondary N) is 1. The van der Waals surface area contributed by atoms with Gasteiger partial charge in [0.15, 0.2) is 5.16 Å². The molecule has 0 saturated carbocycles. The number of aromatic hydroxyl groups is 1. The van der Waals surface area contributed by atoms with Crippen LogP contribution in [0, 0.1) is 12.8 Å². The molecular formula is C25H26N4O4S. The summed E-state index contributed by atoms with van der Waals surface area (Å²) >= 11 is 1.11. The number of amides is 1. The Hall–Kier alpha value is -3.33. The summed E-state index contributed by atoms with van der Waals surface area (Å²) in [7, 11) is 0. The molecule has 8 nitrogen and oxygen atoms in total. The molecule has 2 unspecified atom stereocenters. The van der Waals surface area contributed by atoms with Crippen molar-refractivity contribution in [1.82, 2.24) is 19.4 Å². The molecule has 1 amide bonds. The number of aryl methyl sites for hydroxylation is 1. The van der Waals surface area contributed by atoms with Crippen molar-refractivity contribution in [2.24, 2.45) is 5.92 Å². The Bertz CT molecular complexity index is 1350. The third-order valence-electron chi connectivity index (χ3n) is 6.64. The number of likely N-dealkylation sites (tertiary alicyclic amines) is 1. The quantitative estimate of drug-likeness (QED) is 0.430. The van der Waals surface area contributed by atoms with Gasteiger partial charge in [0.2, 0.25) is 11.8 Å². The number of hydrogen-bond acceptors (Lipinski definition) is 6. The van der Waals surface area contributed by atoms with E-state index in [1.54, 1.807) is 12.1 Å². The molecule has 0 aliphatic carbocycles. The summed E-state index contributed by atoms with van der Waals surface area (Å²) < 4.78 is 1.84. The molecule has 176 valence electrons. The molecule has 9 heteroatoms. The van der Waals surface area contributed by atoms with Crippen LogP contribution in [0.15, 0.2) is 57.2 Å². The zero-order valence-corrected chi connectivity index (χ0v) is 19.7. The average molecular weight is 479 g/mol. The van der Waals surface area contributed by atoms with Crippen LogP contribution in [0.5, 0.6) is 5.88 Å². The van der Waals surface area contributed by atoms with E-state index in [1.807, 2.05) is 46.7 Å². The molecule has 2 aromatic heterocycles. The third-order valence-corrected chi connectivity index (χ3v) is 7.50. The van der Waals surface area contributed by atoms with Crippen LogP contribution in [-0.2, 0) is 17.8 Å². The Morgan fingerprint density at radius 2 is 1.94 bits per heavy atom. The fraction of sp³-hybridized carbons (Fsp3) is 0.360. The number of rotatable bonds is 5. The van der Waals surface area contributed by atoms with Gasteiger partial charge in [-0.3, -0.25) is 14.4 Å². The summed E-state index contributed by atoms with van der Waals surface area (Å²) in [6.07, 6.45) is 1.25. The SMILES string of the molecule is Cc1ccc(Cc2c(O)nc(SCC(=O)N3CC4CC(C3)c3cccc(=O)n3C4)[nH]c2=O)cc1. The van der Waals surface area contributed by atoms with Crippen LogP contribution >= 0.6 is 11.8 Å². The normalized spacial score (nSPS) is 19.0. The summed E-state index contributed by atoms with van der Waals surface area (Å²) in [5.41, 5.74) is 2.84. The van der Waals surface area contributed by atoms with Crippen molar-refractivity contribution in [2.45, 2.75) is 37.4 Å². The van der Waals surface area contributed by atoms with E-state index in [4.69, 9.17) is 0 Å². The monoisotopic (exact) mass is 478 g/mol. The first-order valence-electron chi connectivity index (χ1n) is 11.4. The van der Waals surface area contributed by atoms with Crippen LogP contribution in [0.4, 0.5) is 0 Å². The average Bonchev–Trinajstić information content (AvgIpc) is 2.81. The van der Waals surface area contributed by atoms with Gasteiger partial charge in [-0.2, -0.15) is 4.98 Å². The van der Waals surface area contributed by atoms with E-state index in [1.165, 1.54) is 0 Å². The van der Waals surface area contributed by atoms with Crippen molar-refractivity contribution in [3.63, 3.8) is 0 Å². The van der Waals surface area contributed by atoms with Crippen molar-refractivity contribution >= 4 is 17.7 Å². The molecule has 1 fully saturated rings. The predicted octanol–water partition coefficient (Wildman–Crippen LogP) is 2.27. The zero-order chi connectivity index (χ0) is 23.8. The molecule has 2 aliphatic rings. The lowest BCUT2D eigenvalue weighted by Gasteiger charge is -2.42. The van der Waals surface area contributed by atoms with Crippen LogP contribution in [0.2, 0.25) is 0 Å². The predicted molar refractivity (Wildman–Crippen MR) is 129 cm³/mol. The number of H-pyrrole nitrogens is 1. The number of carbonyl (C=O) groups excluding carboxylic acids is 1. The molecule has 34 heavy (non-hydrogen) atoms. The Kier molecular flexibility index (Phi) is 6.03. The van der Waals surface area contributed by atoms with E-state index in [2.05, 4.69) is 9.97 Å². The number of aromatic nitrogens is 3. The first kappa shape index (κ1) is 22.5.